The van der Waals surface area contributed by atoms with Gasteiger partial charge in [-0.1, -0.05) is 36.2 Å². The lowest BCUT2D eigenvalue weighted by atomic mass is 10.1. The van der Waals surface area contributed by atoms with Crippen LogP contribution in [0.1, 0.15) is 23.7 Å². The minimum Gasteiger partial charge on any atom is -0.395 e. The summed E-state index contributed by atoms with van der Waals surface area (Å²) in [6, 6.07) is 5.64. The number of aryl methyl sites for hydroxylation is 2. The molecule has 0 radical (unpaired) electrons. The van der Waals surface area contributed by atoms with Crippen LogP contribution in [0, 0.1) is 0 Å². The van der Waals surface area contributed by atoms with Crippen molar-refractivity contribution in [2.45, 2.75) is 26.4 Å². The fourth-order valence-corrected chi connectivity index (χ4v) is 2.83. The molecule has 1 aromatic heterocycles. The van der Waals surface area contributed by atoms with Crippen LogP contribution in [-0.4, -0.2) is 32.9 Å². The molecule has 0 aliphatic carbocycles. The van der Waals surface area contributed by atoms with Gasteiger partial charge in [0, 0.05) is 38.4 Å². The molecule has 2 aromatic rings. The van der Waals surface area contributed by atoms with Gasteiger partial charge in [-0.25, -0.2) is 0 Å². The number of aromatic nitrogens is 2. The molecule has 1 aromatic carbocycles. The highest BCUT2D eigenvalue weighted by atomic mass is 35.5. The number of aliphatic hydroxyl groups excluding tert-OH is 1. The molecule has 120 valence electrons. The Morgan fingerprint density at radius 3 is 2.64 bits per heavy atom. The Kier molecular flexibility index (Phi) is 6.26. The van der Waals surface area contributed by atoms with Crippen LogP contribution in [0.5, 0.6) is 0 Å². The van der Waals surface area contributed by atoms with Crippen LogP contribution in [-0.2, 0) is 26.6 Å². The zero-order chi connectivity index (χ0) is 16.1. The average molecular weight is 342 g/mol. The number of hydrogen-bond acceptors (Lipinski definition) is 3. The van der Waals surface area contributed by atoms with E-state index in [0.717, 1.165) is 24.2 Å². The molecular formula is C16H21Cl2N3O. The molecule has 0 unspecified atom stereocenters. The minimum atomic E-state index is 0.114. The van der Waals surface area contributed by atoms with Crippen molar-refractivity contribution in [2.75, 3.05) is 13.2 Å². The zero-order valence-corrected chi connectivity index (χ0v) is 14.4. The number of hydrogen-bond donors (Lipinski definition) is 1. The number of rotatable bonds is 7. The molecule has 0 saturated heterocycles. The second kappa shape index (κ2) is 7.97. The highest BCUT2D eigenvalue weighted by Gasteiger charge is 2.12. The Morgan fingerprint density at radius 2 is 2.00 bits per heavy atom. The van der Waals surface area contributed by atoms with Crippen molar-refractivity contribution in [3.63, 3.8) is 0 Å². The van der Waals surface area contributed by atoms with Gasteiger partial charge in [0.15, 0.2) is 0 Å². The van der Waals surface area contributed by atoms with E-state index in [0.29, 0.717) is 23.1 Å². The topological polar surface area (TPSA) is 41.3 Å². The zero-order valence-electron chi connectivity index (χ0n) is 12.9. The smallest absolute Gasteiger partial charge is 0.0666 e. The summed E-state index contributed by atoms with van der Waals surface area (Å²) in [4.78, 5) is 2.18. The molecule has 22 heavy (non-hydrogen) atoms. The van der Waals surface area contributed by atoms with Gasteiger partial charge in [-0.2, -0.15) is 5.10 Å². The molecule has 0 aliphatic rings. The van der Waals surface area contributed by atoms with Crippen LogP contribution in [0.4, 0.5) is 0 Å². The van der Waals surface area contributed by atoms with E-state index in [2.05, 4.69) is 16.9 Å². The molecule has 0 fully saturated rings. The van der Waals surface area contributed by atoms with Gasteiger partial charge >= 0.3 is 0 Å². The molecule has 0 aliphatic heterocycles. The van der Waals surface area contributed by atoms with Gasteiger partial charge < -0.3 is 5.11 Å². The molecule has 1 N–H and O–H groups in total. The summed E-state index contributed by atoms with van der Waals surface area (Å²) in [5, 5.41) is 14.9. The van der Waals surface area contributed by atoms with Gasteiger partial charge in [0.2, 0.25) is 0 Å². The molecule has 0 spiro atoms. The van der Waals surface area contributed by atoms with Gasteiger partial charge in [0.05, 0.1) is 22.3 Å². The first-order valence-corrected chi connectivity index (χ1v) is 8.07. The number of nitrogens with zero attached hydrogens (tertiary/aromatic N) is 3. The lowest BCUT2D eigenvalue weighted by molar-refractivity contribution is 0.184. The molecule has 2 rings (SSSR count). The summed E-state index contributed by atoms with van der Waals surface area (Å²) in [7, 11) is 1.93. The van der Waals surface area contributed by atoms with Crippen LogP contribution >= 0.6 is 23.2 Å². The lowest BCUT2D eigenvalue weighted by Gasteiger charge is -2.21. The SMILES string of the molecule is CCc1nn(C)cc1CN(CCO)Cc1ccc(Cl)c(Cl)c1. The van der Waals surface area contributed by atoms with E-state index in [9.17, 15) is 5.11 Å². The van der Waals surface area contributed by atoms with E-state index in [-0.39, 0.29) is 6.61 Å². The highest BCUT2D eigenvalue weighted by Crippen LogP contribution is 2.23. The lowest BCUT2D eigenvalue weighted by Crippen LogP contribution is -2.26. The van der Waals surface area contributed by atoms with E-state index >= 15 is 0 Å². The summed E-state index contributed by atoms with van der Waals surface area (Å²) in [6.45, 7) is 4.26. The molecule has 6 heteroatoms. The molecule has 0 amide bonds. The van der Waals surface area contributed by atoms with Crippen molar-refractivity contribution in [3.05, 3.63) is 51.3 Å². The van der Waals surface area contributed by atoms with Crippen molar-refractivity contribution < 1.29 is 5.11 Å². The van der Waals surface area contributed by atoms with Crippen LogP contribution in [0.2, 0.25) is 10.0 Å². The summed E-state index contributed by atoms with van der Waals surface area (Å²) in [5.41, 5.74) is 3.36. The average Bonchev–Trinajstić information content (AvgIpc) is 2.83. The highest BCUT2D eigenvalue weighted by molar-refractivity contribution is 6.42. The first-order valence-electron chi connectivity index (χ1n) is 7.32. The molecule has 0 saturated carbocycles. The predicted molar refractivity (Wildman–Crippen MR) is 90.2 cm³/mol. The van der Waals surface area contributed by atoms with E-state index in [1.54, 1.807) is 6.07 Å². The van der Waals surface area contributed by atoms with E-state index in [1.807, 2.05) is 30.1 Å². The molecule has 1 heterocycles. The van der Waals surface area contributed by atoms with Crippen molar-refractivity contribution in [1.82, 2.24) is 14.7 Å². The van der Waals surface area contributed by atoms with Crippen LogP contribution in [0.3, 0.4) is 0 Å². The van der Waals surface area contributed by atoms with Gasteiger partial charge in [-0.3, -0.25) is 9.58 Å². The van der Waals surface area contributed by atoms with Crippen molar-refractivity contribution >= 4 is 23.2 Å². The number of aliphatic hydroxyl groups is 1. The maximum Gasteiger partial charge on any atom is 0.0666 e. The second-order valence-corrected chi connectivity index (χ2v) is 6.13. The predicted octanol–water partition coefficient (Wildman–Crippen LogP) is 3.28. The van der Waals surface area contributed by atoms with Gasteiger partial charge in [-0.05, 0) is 24.1 Å². The second-order valence-electron chi connectivity index (χ2n) is 5.31. The van der Waals surface area contributed by atoms with Crippen LogP contribution < -0.4 is 0 Å². The van der Waals surface area contributed by atoms with Crippen molar-refractivity contribution in [3.8, 4) is 0 Å². The Hall–Kier alpha value is -1.07. The third kappa shape index (κ3) is 4.46. The largest absolute Gasteiger partial charge is 0.395 e. The fraction of sp³-hybridized carbons (Fsp3) is 0.438. The number of halogens is 2. The summed E-state index contributed by atoms with van der Waals surface area (Å²) >= 11 is 12.0. The van der Waals surface area contributed by atoms with E-state index in [4.69, 9.17) is 23.2 Å². The van der Waals surface area contributed by atoms with Crippen LogP contribution in [0.15, 0.2) is 24.4 Å². The normalized spacial score (nSPS) is 11.4. The fourth-order valence-electron chi connectivity index (χ4n) is 2.51. The summed E-state index contributed by atoms with van der Waals surface area (Å²) in [5.74, 6) is 0. The Labute approximate surface area is 141 Å². The van der Waals surface area contributed by atoms with Crippen LogP contribution in [0.25, 0.3) is 0 Å². The quantitative estimate of drug-likeness (QED) is 0.840. The van der Waals surface area contributed by atoms with Crippen molar-refractivity contribution in [1.29, 1.82) is 0 Å². The third-order valence-electron chi connectivity index (χ3n) is 3.53. The van der Waals surface area contributed by atoms with Gasteiger partial charge in [0.25, 0.3) is 0 Å². The molecule has 0 atom stereocenters. The third-order valence-corrected chi connectivity index (χ3v) is 4.27. The Balaban J connectivity index is 2.13. The standard InChI is InChI=1S/C16H21Cl2N3O/c1-3-16-13(10-20(2)19-16)11-21(6-7-22)9-12-4-5-14(17)15(18)8-12/h4-5,8,10,22H,3,6-7,9,11H2,1-2H3. The Bertz CT molecular complexity index is 628. The van der Waals surface area contributed by atoms with E-state index < -0.39 is 0 Å². The molecule has 0 bridgehead atoms. The maximum atomic E-state index is 9.31. The summed E-state index contributed by atoms with van der Waals surface area (Å²) in [6.07, 6.45) is 2.94. The Morgan fingerprint density at radius 1 is 1.23 bits per heavy atom. The minimum absolute atomic E-state index is 0.114. The molecule has 4 nitrogen and oxygen atoms in total. The van der Waals surface area contributed by atoms with E-state index in [1.165, 1.54) is 5.56 Å². The monoisotopic (exact) mass is 341 g/mol. The summed E-state index contributed by atoms with van der Waals surface area (Å²) < 4.78 is 1.84. The first-order chi connectivity index (χ1) is 10.5. The van der Waals surface area contributed by atoms with Gasteiger partial charge in [-0.15, -0.1) is 0 Å². The van der Waals surface area contributed by atoms with Gasteiger partial charge in [0.1, 0.15) is 0 Å². The molecular weight excluding hydrogens is 321 g/mol. The first kappa shape index (κ1) is 17.3. The maximum absolute atomic E-state index is 9.31. The number of benzene rings is 1. The van der Waals surface area contributed by atoms with Crippen molar-refractivity contribution in [2.24, 2.45) is 7.05 Å².